The first-order valence-corrected chi connectivity index (χ1v) is 6.95. The van der Waals surface area contributed by atoms with Crippen LogP contribution < -0.4 is 5.73 Å². The summed E-state index contributed by atoms with van der Waals surface area (Å²) in [5.74, 6) is -0.363. The molecule has 0 saturated carbocycles. The number of halogens is 1. The predicted molar refractivity (Wildman–Crippen MR) is 77.6 cm³/mol. The Morgan fingerprint density at radius 2 is 1.90 bits per heavy atom. The van der Waals surface area contributed by atoms with Crippen molar-refractivity contribution in [3.8, 4) is 0 Å². The Hall–Kier alpha value is -1.59. The number of piperazine rings is 1. The number of hydrogen-bond acceptors (Lipinski definition) is 3. The molecular weight excluding hydrogens is 278 g/mol. The van der Waals surface area contributed by atoms with Crippen LogP contribution in [0.2, 0.25) is 5.02 Å². The summed E-state index contributed by atoms with van der Waals surface area (Å²) in [4.78, 5) is 27.2. The monoisotopic (exact) mass is 295 g/mol. The van der Waals surface area contributed by atoms with Crippen LogP contribution >= 0.6 is 11.6 Å². The fourth-order valence-electron chi connectivity index (χ4n) is 2.30. The number of nitrogens with two attached hydrogens (primary N) is 1. The topological polar surface area (TPSA) is 66.6 Å². The van der Waals surface area contributed by atoms with Crippen LogP contribution in [0.3, 0.4) is 0 Å². The van der Waals surface area contributed by atoms with E-state index in [9.17, 15) is 9.59 Å². The number of carbonyl (C=O) groups excluding carboxylic acids is 2. The van der Waals surface area contributed by atoms with E-state index in [2.05, 4.69) is 0 Å². The molecule has 2 N–H and O–H groups in total. The molecule has 1 aromatic carbocycles. The zero-order valence-electron chi connectivity index (χ0n) is 11.4. The van der Waals surface area contributed by atoms with Gasteiger partial charge >= 0.3 is 0 Å². The molecule has 5 nitrogen and oxygen atoms in total. The Labute approximate surface area is 123 Å². The number of rotatable bonds is 3. The van der Waals surface area contributed by atoms with Crippen molar-refractivity contribution in [2.24, 2.45) is 5.73 Å². The lowest BCUT2D eigenvalue weighted by molar-refractivity contribution is -0.123. The van der Waals surface area contributed by atoms with Crippen LogP contribution in [0.15, 0.2) is 24.3 Å². The van der Waals surface area contributed by atoms with E-state index in [0.717, 1.165) is 0 Å². The van der Waals surface area contributed by atoms with Gasteiger partial charge in [-0.05, 0) is 25.1 Å². The average molecular weight is 296 g/mol. The fourth-order valence-corrected chi connectivity index (χ4v) is 2.49. The third kappa shape index (κ3) is 3.29. The highest BCUT2D eigenvalue weighted by atomic mass is 35.5. The van der Waals surface area contributed by atoms with Crippen LogP contribution in [-0.4, -0.2) is 53.8 Å². The summed E-state index contributed by atoms with van der Waals surface area (Å²) in [6.07, 6.45) is 0. The van der Waals surface area contributed by atoms with Gasteiger partial charge in [0, 0.05) is 36.8 Å². The molecule has 1 fully saturated rings. The van der Waals surface area contributed by atoms with E-state index in [1.165, 1.54) is 0 Å². The molecule has 0 bridgehead atoms. The van der Waals surface area contributed by atoms with Gasteiger partial charge in [0.1, 0.15) is 0 Å². The summed E-state index contributed by atoms with van der Waals surface area (Å²) in [6, 6.07) is 6.64. The van der Waals surface area contributed by atoms with Crippen LogP contribution in [0.25, 0.3) is 0 Å². The zero-order chi connectivity index (χ0) is 14.7. The van der Waals surface area contributed by atoms with Crippen LogP contribution in [0, 0.1) is 0 Å². The summed E-state index contributed by atoms with van der Waals surface area (Å²) < 4.78 is 0. The van der Waals surface area contributed by atoms with Gasteiger partial charge in [-0.1, -0.05) is 17.7 Å². The molecule has 1 atom stereocenters. The number of benzene rings is 1. The van der Waals surface area contributed by atoms with E-state index in [1.807, 2.05) is 4.90 Å². The third-order valence-electron chi connectivity index (χ3n) is 3.63. The largest absolute Gasteiger partial charge is 0.368 e. The molecule has 20 heavy (non-hydrogen) atoms. The molecule has 2 rings (SSSR count). The maximum atomic E-state index is 12.3. The lowest BCUT2D eigenvalue weighted by Crippen LogP contribution is -2.54. The van der Waals surface area contributed by atoms with Crippen LogP contribution in [0.1, 0.15) is 17.3 Å². The van der Waals surface area contributed by atoms with Crippen molar-refractivity contribution in [1.29, 1.82) is 0 Å². The molecule has 0 spiro atoms. The normalized spacial score (nSPS) is 17.8. The lowest BCUT2D eigenvalue weighted by Gasteiger charge is -2.37. The molecule has 6 heteroatoms. The van der Waals surface area contributed by atoms with E-state index in [4.69, 9.17) is 17.3 Å². The first kappa shape index (κ1) is 14.8. The fraction of sp³-hybridized carbons (Fsp3) is 0.429. The zero-order valence-corrected chi connectivity index (χ0v) is 12.1. The number of hydrogen-bond donors (Lipinski definition) is 1. The number of primary amides is 1. The predicted octanol–water partition coefficient (Wildman–Crippen LogP) is 0.972. The first-order valence-electron chi connectivity index (χ1n) is 6.57. The van der Waals surface area contributed by atoms with Gasteiger partial charge in [-0.25, -0.2) is 0 Å². The van der Waals surface area contributed by atoms with Crippen LogP contribution in [0.5, 0.6) is 0 Å². The van der Waals surface area contributed by atoms with Crippen molar-refractivity contribution in [2.45, 2.75) is 13.0 Å². The second-order valence-electron chi connectivity index (χ2n) is 4.92. The maximum absolute atomic E-state index is 12.3. The average Bonchev–Trinajstić information content (AvgIpc) is 2.46. The van der Waals surface area contributed by atoms with E-state index < -0.39 is 0 Å². The second-order valence-corrected chi connectivity index (χ2v) is 5.35. The molecule has 0 radical (unpaired) electrons. The molecule has 1 aliphatic rings. The molecule has 108 valence electrons. The minimum Gasteiger partial charge on any atom is -0.368 e. The van der Waals surface area contributed by atoms with Crippen LogP contribution in [0.4, 0.5) is 0 Å². The number of amides is 2. The highest BCUT2D eigenvalue weighted by molar-refractivity contribution is 6.30. The van der Waals surface area contributed by atoms with Crippen molar-refractivity contribution >= 4 is 23.4 Å². The quantitative estimate of drug-likeness (QED) is 0.903. The Kier molecular flexibility index (Phi) is 4.62. The van der Waals surface area contributed by atoms with Gasteiger partial charge in [-0.3, -0.25) is 14.5 Å². The first-order chi connectivity index (χ1) is 9.49. The highest BCUT2D eigenvalue weighted by Gasteiger charge is 2.26. The van der Waals surface area contributed by atoms with Gasteiger partial charge in [0.15, 0.2) is 0 Å². The Bertz CT molecular complexity index is 513. The second kappa shape index (κ2) is 6.24. The van der Waals surface area contributed by atoms with Gasteiger partial charge in [-0.15, -0.1) is 0 Å². The molecule has 1 unspecified atom stereocenters. The lowest BCUT2D eigenvalue weighted by atomic mass is 10.1. The molecule has 1 aliphatic heterocycles. The molecule has 1 saturated heterocycles. The smallest absolute Gasteiger partial charge is 0.253 e. The van der Waals surface area contributed by atoms with Gasteiger partial charge in [0.05, 0.1) is 6.04 Å². The van der Waals surface area contributed by atoms with E-state index >= 15 is 0 Å². The highest BCUT2D eigenvalue weighted by Crippen LogP contribution is 2.14. The molecule has 0 aliphatic carbocycles. The standard InChI is InChI=1S/C14H18ClN3O2/c1-10(13(16)19)17-5-7-18(8-6-17)14(20)11-3-2-4-12(15)9-11/h2-4,9-10H,5-8H2,1H3,(H2,16,19). The summed E-state index contributed by atoms with van der Waals surface area (Å²) in [7, 11) is 0. The van der Waals surface area contributed by atoms with Crippen LogP contribution in [-0.2, 0) is 4.79 Å². The minimum atomic E-state index is -0.334. The van der Waals surface area contributed by atoms with E-state index in [-0.39, 0.29) is 17.9 Å². The van der Waals surface area contributed by atoms with Gasteiger partial charge in [0.2, 0.25) is 5.91 Å². The molecule has 1 aromatic rings. The van der Waals surface area contributed by atoms with Crippen molar-refractivity contribution in [1.82, 2.24) is 9.80 Å². The summed E-state index contributed by atoms with van der Waals surface area (Å²) in [5, 5.41) is 0.553. The number of carbonyl (C=O) groups is 2. The van der Waals surface area contributed by atoms with E-state index in [0.29, 0.717) is 36.8 Å². The maximum Gasteiger partial charge on any atom is 0.253 e. The van der Waals surface area contributed by atoms with E-state index in [1.54, 1.807) is 36.1 Å². The minimum absolute atomic E-state index is 0.0288. The van der Waals surface area contributed by atoms with Gasteiger partial charge in [0.25, 0.3) is 5.91 Å². The Morgan fingerprint density at radius 1 is 1.25 bits per heavy atom. The Morgan fingerprint density at radius 3 is 2.45 bits per heavy atom. The van der Waals surface area contributed by atoms with Crippen molar-refractivity contribution in [3.63, 3.8) is 0 Å². The van der Waals surface area contributed by atoms with Crippen molar-refractivity contribution < 1.29 is 9.59 Å². The van der Waals surface area contributed by atoms with Gasteiger partial charge in [-0.2, -0.15) is 0 Å². The van der Waals surface area contributed by atoms with Crippen molar-refractivity contribution in [3.05, 3.63) is 34.9 Å². The van der Waals surface area contributed by atoms with Crippen molar-refractivity contribution in [2.75, 3.05) is 26.2 Å². The Balaban J connectivity index is 1.97. The molecule has 1 heterocycles. The summed E-state index contributed by atoms with van der Waals surface area (Å²) >= 11 is 5.90. The SMILES string of the molecule is CC(C(N)=O)N1CCN(C(=O)c2cccc(Cl)c2)CC1. The molecular formula is C14H18ClN3O2. The molecule has 0 aromatic heterocycles. The summed E-state index contributed by atoms with van der Waals surface area (Å²) in [6.45, 7) is 4.26. The molecule has 2 amide bonds. The summed E-state index contributed by atoms with van der Waals surface area (Å²) in [5.41, 5.74) is 5.88. The van der Waals surface area contributed by atoms with Gasteiger partial charge < -0.3 is 10.6 Å². The third-order valence-corrected chi connectivity index (χ3v) is 3.87. The number of nitrogens with zero attached hydrogens (tertiary/aromatic N) is 2.